The molecule has 1 aliphatic rings. The van der Waals surface area contributed by atoms with Crippen molar-refractivity contribution in [2.45, 2.75) is 37.4 Å². The molecule has 0 saturated heterocycles. The molecule has 3 atom stereocenters. The second kappa shape index (κ2) is 4.11. The van der Waals surface area contributed by atoms with E-state index in [1.54, 1.807) is 0 Å². The molecular formula is C12H16O2. The Hall–Kier alpha value is -0.860. The highest BCUT2D eigenvalue weighted by atomic mass is 16.3. The summed E-state index contributed by atoms with van der Waals surface area (Å²) in [4.78, 5) is 0. The lowest BCUT2D eigenvalue weighted by Gasteiger charge is -2.32. The van der Waals surface area contributed by atoms with Gasteiger partial charge in [0, 0.05) is 5.92 Å². The Morgan fingerprint density at radius 2 is 1.71 bits per heavy atom. The molecule has 0 amide bonds. The van der Waals surface area contributed by atoms with Gasteiger partial charge in [-0.15, -0.1) is 0 Å². The van der Waals surface area contributed by atoms with E-state index in [9.17, 15) is 10.2 Å². The first kappa shape index (κ1) is 9.69. The van der Waals surface area contributed by atoms with Crippen LogP contribution in [0.15, 0.2) is 30.3 Å². The van der Waals surface area contributed by atoms with Crippen molar-refractivity contribution in [3.63, 3.8) is 0 Å². The van der Waals surface area contributed by atoms with Crippen LogP contribution in [0.5, 0.6) is 0 Å². The maximum atomic E-state index is 9.84. The molecule has 1 aromatic carbocycles. The van der Waals surface area contributed by atoms with Crippen LogP contribution in [-0.4, -0.2) is 22.4 Å². The number of benzene rings is 1. The molecule has 0 aliphatic heterocycles. The van der Waals surface area contributed by atoms with Gasteiger partial charge in [0.15, 0.2) is 0 Å². The minimum Gasteiger partial charge on any atom is -0.390 e. The zero-order valence-corrected chi connectivity index (χ0v) is 8.13. The second-order valence-corrected chi connectivity index (χ2v) is 4.01. The smallest absolute Gasteiger partial charge is 0.0867 e. The topological polar surface area (TPSA) is 40.5 Å². The van der Waals surface area contributed by atoms with Gasteiger partial charge in [0.2, 0.25) is 0 Å². The van der Waals surface area contributed by atoms with Crippen LogP contribution < -0.4 is 0 Å². The van der Waals surface area contributed by atoms with Crippen molar-refractivity contribution in [2.24, 2.45) is 0 Å². The fraction of sp³-hybridized carbons (Fsp3) is 0.500. The highest BCUT2D eigenvalue weighted by Gasteiger charge is 2.31. The molecule has 0 radical (unpaired) electrons. The Balaban J connectivity index is 2.17. The summed E-state index contributed by atoms with van der Waals surface area (Å²) in [6.07, 6.45) is 1.56. The molecule has 2 nitrogen and oxygen atoms in total. The largest absolute Gasteiger partial charge is 0.390 e. The van der Waals surface area contributed by atoms with Crippen LogP contribution in [0.25, 0.3) is 0 Å². The molecular weight excluding hydrogens is 176 g/mol. The fourth-order valence-corrected chi connectivity index (χ4v) is 2.22. The standard InChI is InChI=1S/C12H16O2/c13-11-8-4-7-10(12(11)14)9-5-2-1-3-6-9/h1-3,5-6,10-14H,4,7-8H2/t10-,11+,12-/m0/s1. The number of rotatable bonds is 1. The fourth-order valence-electron chi connectivity index (χ4n) is 2.22. The van der Waals surface area contributed by atoms with E-state index in [0.29, 0.717) is 0 Å². The van der Waals surface area contributed by atoms with Crippen molar-refractivity contribution in [1.82, 2.24) is 0 Å². The summed E-state index contributed by atoms with van der Waals surface area (Å²) in [5, 5.41) is 19.4. The van der Waals surface area contributed by atoms with E-state index in [-0.39, 0.29) is 5.92 Å². The Kier molecular flexibility index (Phi) is 2.85. The minimum atomic E-state index is -0.592. The first-order valence-electron chi connectivity index (χ1n) is 5.20. The lowest BCUT2D eigenvalue weighted by molar-refractivity contribution is -0.0227. The molecule has 0 heterocycles. The average Bonchev–Trinajstić information content (AvgIpc) is 2.23. The lowest BCUT2D eigenvalue weighted by Crippen LogP contribution is -2.35. The molecule has 2 heteroatoms. The van der Waals surface area contributed by atoms with Gasteiger partial charge in [-0.1, -0.05) is 36.8 Å². The third kappa shape index (κ3) is 1.81. The summed E-state index contributed by atoms with van der Waals surface area (Å²) in [6, 6.07) is 9.96. The molecule has 14 heavy (non-hydrogen) atoms. The first-order chi connectivity index (χ1) is 6.79. The van der Waals surface area contributed by atoms with Crippen molar-refractivity contribution in [2.75, 3.05) is 0 Å². The lowest BCUT2D eigenvalue weighted by atomic mass is 9.80. The van der Waals surface area contributed by atoms with Crippen LogP contribution in [-0.2, 0) is 0 Å². The molecule has 2 N–H and O–H groups in total. The molecule has 0 spiro atoms. The van der Waals surface area contributed by atoms with Gasteiger partial charge < -0.3 is 10.2 Å². The van der Waals surface area contributed by atoms with Crippen LogP contribution >= 0.6 is 0 Å². The monoisotopic (exact) mass is 192 g/mol. The van der Waals surface area contributed by atoms with E-state index in [1.165, 1.54) is 0 Å². The molecule has 1 fully saturated rings. The van der Waals surface area contributed by atoms with Crippen LogP contribution in [0.2, 0.25) is 0 Å². The third-order valence-corrected chi connectivity index (χ3v) is 3.05. The number of hydrogen-bond donors (Lipinski definition) is 2. The molecule has 0 aromatic heterocycles. The van der Waals surface area contributed by atoms with E-state index < -0.39 is 12.2 Å². The highest BCUT2D eigenvalue weighted by molar-refractivity contribution is 5.21. The average molecular weight is 192 g/mol. The van der Waals surface area contributed by atoms with Crippen LogP contribution in [0, 0.1) is 0 Å². The summed E-state index contributed by atoms with van der Waals surface area (Å²) in [5.74, 6) is 0.111. The Bertz CT molecular complexity index is 284. The molecule has 1 aliphatic carbocycles. The molecule has 0 bridgehead atoms. The first-order valence-corrected chi connectivity index (χ1v) is 5.20. The summed E-state index contributed by atoms with van der Waals surface area (Å²) in [6.45, 7) is 0. The van der Waals surface area contributed by atoms with Gasteiger partial charge in [0.1, 0.15) is 0 Å². The number of aliphatic hydroxyl groups is 2. The maximum absolute atomic E-state index is 9.84. The SMILES string of the molecule is O[C@@H]1[C@H](O)CCC[C@H]1c1ccccc1. The van der Waals surface area contributed by atoms with Crippen LogP contribution in [0.4, 0.5) is 0 Å². The van der Waals surface area contributed by atoms with E-state index in [1.807, 2.05) is 30.3 Å². The van der Waals surface area contributed by atoms with E-state index in [0.717, 1.165) is 24.8 Å². The van der Waals surface area contributed by atoms with Gasteiger partial charge in [-0.25, -0.2) is 0 Å². The summed E-state index contributed by atoms with van der Waals surface area (Å²) in [7, 11) is 0. The summed E-state index contributed by atoms with van der Waals surface area (Å²) in [5.41, 5.74) is 1.14. The van der Waals surface area contributed by atoms with Crippen molar-refractivity contribution >= 4 is 0 Å². The summed E-state index contributed by atoms with van der Waals surface area (Å²) >= 11 is 0. The van der Waals surface area contributed by atoms with Gasteiger partial charge in [-0.05, 0) is 18.4 Å². The predicted octanol–water partition coefficient (Wildman–Crippen LogP) is 1.68. The van der Waals surface area contributed by atoms with E-state index in [4.69, 9.17) is 0 Å². The van der Waals surface area contributed by atoms with Gasteiger partial charge in [0.25, 0.3) is 0 Å². The van der Waals surface area contributed by atoms with Crippen molar-refractivity contribution in [3.05, 3.63) is 35.9 Å². The normalized spacial score (nSPS) is 32.9. The van der Waals surface area contributed by atoms with Crippen molar-refractivity contribution < 1.29 is 10.2 Å². The predicted molar refractivity (Wildman–Crippen MR) is 55.0 cm³/mol. The highest BCUT2D eigenvalue weighted by Crippen LogP contribution is 2.32. The maximum Gasteiger partial charge on any atom is 0.0867 e. The summed E-state index contributed by atoms with van der Waals surface area (Å²) < 4.78 is 0. The molecule has 1 aromatic rings. The van der Waals surface area contributed by atoms with Crippen molar-refractivity contribution in [1.29, 1.82) is 0 Å². The van der Waals surface area contributed by atoms with E-state index >= 15 is 0 Å². The molecule has 2 rings (SSSR count). The Morgan fingerprint density at radius 3 is 2.43 bits per heavy atom. The quantitative estimate of drug-likeness (QED) is 0.710. The van der Waals surface area contributed by atoms with Crippen molar-refractivity contribution in [3.8, 4) is 0 Å². The zero-order chi connectivity index (χ0) is 9.97. The minimum absolute atomic E-state index is 0.111. The number of aliphatic hydroxyl groups excluding tert-OH is 2. The van der Waals surface area contributed by atoms with Crippen LogP contribution in [0.1, 0.15) is 30.7 Å². The van der Waals surface area contributed by atoms with E-state index in [2.05, 4.69) is 0 Å². The van der Waals surface area contributed by atoms with Crippen LogP contribution in [0.3, 0.4) is 0 Å². The zero-order valence-electron chi connectivity index (χ0n) is 8.13. The molecule has 76 valence electrons. The molecule has 1 saturated carbocycles. The number of hydrogen-bond acceptors (Lipinski definition) is 2. The molecule has 0 unspecified atom stereocenters. The Morgan fingerprint density at radius 1 is 1.00 bits per heavy atom. The third-order valence-electron chi connectivity index (χ3n) is 3.05. The Labute approximate surface area is 84.2 Å². The second-order valence-electron chi connectivity index (χ2n) is 4.01. The van der Waals surface area contributed by atoms with Gasteiger partial charge in [0.05, 0.1) is 12.2 Å². The van der Waals surface area contributed by atoms with Gasteiger partial charge in [-0.3, -0.25) is 0 Å². The van der Waals surface area contributed by atoms with Gasteiger partial charge in [-0.2, -0.15) is 0 Å². The van der Waals surface area contributed by atoms with Gasteiger partial charge >= 0.3 is 0 Å².